The van der Waals surface area contributed by atoms with Crippen molar-refractivity contribution in [2.75, 3.05) is 18.1 Å². The molecule has 4 atom stereocenters. The topological polar surface area (TPSA) is 66.8 Å². The van der Waals surface area contributed by atoms with Gasteiger partial charge in [-0.15, -0.1) is 0 Å². The van der Waals surface area contributed by atoms with Crippen LogP contribution in [0, 0.1) is 11.3 Å². The highest BCUT2D eigenvalue weighted by Gasteiger charge is 2.56. The lowest BCUT2D eigenvalue weighted by Crippen LogP contribution is -2.36. The van der Waals surface area contributed by atoms with Gasteiger partial charge in [-0.3, -0.25) is 4.21 Å². The van der Waals surface area contributed by atoms with Gasteiger partial charge < -0.3 is 14.9 Å². The van der Waals surface area contributed by atoms with Crippen LogP contribution in [0.25, 0.3) is 11.1 Å². The molecular weight excluding hydrogens is 575 g/mol. The van der Waals surface area contributed by atoms with E-state index >= 15 is 0 Å². The molecule has 1 saturated carbocycles. The number of benzene rings is 2. The highest BCUT2D eigenvalue weighted by atomic mass is 32.2. The van der Waals surface area contributed by atoms with Gasteiger partial charge in [0, 0.05) is 34.1 Å². The number of alkyl halides is 5. The van der Waals surface area contributed by atoms with Gasteiger partial charge in [0.05, 0.1) is 12.7 Å². The highest BCUT2D eigenvalue weighted by Crippen LogP contribution is 2.57. The second-order valence-electron chi connectivity index (χ2n) is 11.8. The maximum absolute atomic E-state index is 12.9. The summed E-state index contributed by atoms with van der Waals surface area (Å²) in [6.07, 6.45) is -2.28. The molecule has 0 amide bonds. The number of aliphatic hydroxyl groups is 1. The minimum atomic E-state index is -5.57. The Labute approximate surface area is 246 Å². The van der Waals surface area contributed by atoms with Crippen LogP contribution in [0.4, 0.5) is 22.0 Å². The number of fused-ring (bicyclic) bond motifs is 1. The number of phenols is 1. The molecule has 10 heteroatoms. The van der Waals surface area contributed by atoms with E-state index in [1.165, 1.54) is 11.1 Å². The molecule has 2 N–H and O–H groups in total. The normalized spacial score (nSPS) is 23.6. The fourth-order valence-corrected chi connectivity index (χ4v) is 7.36. The Balaban J connectivity index is 1.26. The maximum atomic E-state index is 12.9. The van der Waals surface area contributed by atoms with Crippen molar-refractivity contribution in [3.05, 3.63) is 59.7 Å². The molecule has 0 aromatic heterocycles. The Morgan fingerprint density at radius 3 is 2.17 bits per heavy atom. The predicted octanol–water partition coefficient (Wildman–Crippen LogP) is 8.15. The zero-order valence-corrected chi connectivity index (χ0v) is 24.6. The molecule has 0 aliphatic heterocycles. The van der Waals surface area contributed by atoms with Crippen LogP contribution >= 0.6 is 0 Å². The average Bonchev–Trinajstić information content (AvgIpc) is 3.23. The second-order valence-corrected chi connectivity index (χ2v) is 13.5. The molecular formula is C32H39F5O4S. The first-order valence-corrected chi connectivity index (χ1v) is 16.0. The molecule has 4 rings (SSSR count). The number of allylic oxidation sites excluding steroid dienone is 2. The third kappa shape index (κ3) is 7.73. The zero-order valence-electron chi connectivity index (χ0n) is 23.8. The summed E-state index contributed by atoms with van der Waals surface area (Å²) in [5.74, 6) is -3.31. The molecule has 2 aromatic carbocycles. The number of rotatable bonds is 13. The maximum Gasteiger partial charge on any atom is 0.453 e. The Bertz CT molecular complexity index is 1240. The lowest BCUT2D eigenvalue weighted by molar-refractivity contribution is -0.284. The molecule has 42 heavy (non-hydrogen) atoms. The van der Waals surface area contributed by atoms with E-state index in [2.05, 4.69) is 6.92 Å². The van der Waals surface area contributed by atoms with Crippen LogP contribution < -0.4 is 4.74 Å². The summed E-state index contributed by atoms with van der Waals surface area (Å²) in [6.45, 7) is 2.62. The van der Waals surface area contributed by atoms with E-state index in [0.717, 1.165) is 36.8 Å². The van der Waals surface area contributed by atoms with Gasteiger partial charge in [-0.05, 0) is 104 Å². The van der Waals surface area contributed by atoms with Crippen molar-refractivity contribution in [1.82, 2.24) is 0 Å². The van der Waals surface area contributed by atoms with E-state index in [0.29, 0.717) is 37.5 Å². The van der Waals surface area contributed by atoms with Crippen LogP contribution in [0.2, 0.25) is 0 Å². The summed E-state index contributed by atoms with van der Waals surface area (Å²) in [5.41, 5.74) is 4.41. The van der Waals surface area contributed by atoms with Crippen molar-refractivity contribution in [3.63, 3.8) is 0 Å². The van der Waals surface area contributed by atoms with E-state index in [1.54, 1.807) is 12.1 Å². The van der Waals surface area contributed by atoms with Crippen molar-refractivity contribution in [3.8, 4) is 11.5 Å². The van der Waals surface area contributed by atoms with Gasteiger partial charge in [0.25, 0.3) is 0 Å². The summed E-state index contributed by atoms with van der Waals surface area (Å²) in [6, 6.07) is 15.2. The van der Waals surface area contributed by atoms with E-state index in [1.807, 2.05) is 36.4 Å². The third-order valence-corrected chi connectivity index (χ3v) is 10.3. The van der Waals surface area contributed by atoms with Crippen molar-refractivity contribution in [2.45, 2.75) is 82.9 Å². The Morgan fingerprint density at radius 2 is 1.50 bits per heavy atom. The lowest BCUT2D eigenvalue weighted by Gasteiger charge is -2.41. The van der Waals surface area contributed by atoms with Gasteiger partial charge in [-0.2, -0.15) is 22.0 Å². The fraction of sp³-hybridized carbons (Fsp3) is 0.562. The lowest BCUT2D eigenvalue weighted by atomic mass is 9.64. The van der Waals surface area contributed by atoms with Crippen LogP contribution in [0.3, 0.4) is 0 Å². The van der Waals surface area contributed by atoms with E-state index < -0.39 is 35.7 Å². The largest absolute Gasteiger partial charge is 0.508 e. The van der Waals surface area contributed by atoms with E-state index in [4.69, 9.17) is 4.74 Å². The van der Waals surface area contributed by atoms with Gasteiger partial charge in [-0.1, -0.05) is 31.2 Å². The first-order valence-electron chi connectivity index (χ1n) is 14.5. The first kappa shape index (κ1) is 32.5. The fourth-order valence-electron chi connectivity index (χ4n) is 6.16. The quantitative estimate of drug-likeness (QED) is 0.177. The third-order valence-electron chi connectivity index (χ3n) is 8.84. The van der Waals surface area contributed by atoms with Crippen molar-refractivity contribution in [1.29, 1.82) is 0 Å². The number of phenolic OH excluding ortho intramolecular Hbond substituents is 1. The zero-order chi connectivity index (χ0) is 30.5. The Morgan fingerprint density at radius 1 is 0.881 bits per heavy atom. The van der Waals surface area contributed by atoms with Gasteiger partial charge >= 0.3 is 12.1 Å². The highest BCUT2D eigenvalue weighted by molar-refractivity contribution is 7.84. The Hall–Kier alpha value is -2.46. The van der Waals surface area contributed by atoms with Crippen LogP contribution in [-0.2, 0) is 10.8 Å². The van der Waals surface area contributed by atoms with Gasteiger partial charge in [-0.25, -0.2) is 0 Å². The molecule has 0 bridgehead atoms. The van der Waals surface area contributed by atoms with E-state index in [9.17, 15) is 36.4 Å². The van der Waals surface area contributed by atoms with Crippen molar-refractivity contribution in [2.24, 2.45) is 11.3 Å². The van der Waals surface area contributed by atoms with Crippen LogP contribution in [0.5, 0.6) is 11.5 Å². The Kier molecular flexibility index (Phi) is 10.4. The van der Waals surface area contributed by atoms with Gasteiger partial charge in [0.15, 0.2) is 0 Å². The second kappa shape index (κ2) is 13.5. The standard InChI is InChI=1S/C32H39F5O4S/c1-30-21-28(27(20-24(30)10-15-29(30)39)22-6-11-25(38)12-7-22)23-8-13-26(14-9-23)41-17-3-2-4-18-42(40)19-5-16-31(33,34)32(35,36)37/h6-9,11-14,24,29,38-39H,2-5,10,15-21H2,1H3/t24-,29-,30-,42?/m0/s1. The molecule has 1 fully saturated rings. The summed E-state index contributed by atoms with van der Waals surface area (Å²) in [7, 11) is -1.43. The minimum Gasteiger partial charge on any atom is -0.508 e. The number of aromatic hydroxyl groups is 1. The van der Waals surface area contributed by atoms with Gasteiger partial charge in [0.2, 0.25) is 0 Å². The SMILES string of the molecule is C[C@]12CC(c3ccc(OCCCCCS(=O)CCCC(F)(F)C(F)(F)F)cc3)=C(c3ccc(O)cc3)C[C@@H]1CC[C@@H]2O. The number of hydrogen-bond acceptors (Lipinski definition) is 4. The number of ether oxygens (including phenoxy) is 1. The minimum absolute atomic E-state index is 0.168. The summed E-state index contributed by atoms with van der Waals surface area (Å²) < 4.78 is 80.3. The molecule has 0 spiro atoms. The van der Waals surface area contributed by atoms with Crippen molar-refractivity contribution >= 4 is 21.9 Å². The summed E-state index contributed by atoms with van der Waals surface area (Å²) in [5, 5.41) is 20.6. The van der Waals surface area contributed by atoms with Gasteiger partial charge in [0.1, 0.15) is 11.5 Å². The van der Waals surface area contributed by atoms with Crippen molar-refractivity contribution < 1.29 is 41.1 Å². The molecule has 4 nitrogen and oxygen atoms in total. The molecule has 0 saturated heterocycles. The molecule has 0 radical (unpaired) electrons. The molecule has 2 aliphatic rings. The predicted molar refractivity (Wildman–Crippen MR) is 155 cm³/mol. The smallest absolute Gasteiger partial charge is 0.453 e. The number of halogens is 5. The summed E-state index contributed by atoms with van der Waals surface area (Å²) >= 11 is 0. The molecule has 1 unspecified atom stereocenters. The van der Waals surface area contributed by atoms with E-state index in [-0.39, 0.29) is 28.8 Å². The molecule has 0 heterocycles. The number of aliphatic hydroxyl groups excluding tert-OH is 1. The average molecular weight is 615 g/mol. The van der Waals surface area contributed by atoms with Crippen LogP contribution in [0.15, 0.2) is 48.5 Å². The molecule has 2 aliphatic carbocycles. The van der Waals surface area contributed by atoms with Crippen LogP contribution in [-0.4, -0.2) is 50.7 Å². The summed E-state index contributed by atoms with van der Waals surface area (Å²) in [4.78, 5) is 0. The first-order chi connectivity index (χ1) is 19.8. The number of hydrogen-bond donors (Lipinski definition) is 2. The molecule has 232 valence electrons. The van der Waals surface area contributed by atoms with Crippen LogP contribution in [0.1, 0.15) is 75.8 Å². The molecule has 2 aromatic rings. The number of unbranched alkanes of at least 4 members (excludes halogenated alkanes) is 2. The monoisotopic (exact) mass is 614 g/mol.